The number of rotatable bonds is 5. The van der Waals surface area contributed by atoms with Gasteiger partial charge in [0.25, 0.3) is 0 Å². The van der Waals surface area contributed by atoms with Crippen molar-refractivity contribution in [3.05, 3.63) is 136 Å². The largest absolute Gasteiger partial charge is 0.404 e. The first kappa shape index (κ1) is 21.2. The SMILES string of the molecule is C\C=C/C=C\C(=C/N)c1ccc2c(c1)C(c1cc3c([nH]1)C1NC1=CC=C3c1cccnc1)=NCC2. The minimum Gasteiger partial charge on any atom is -0.404 e. The molecule has 35 heavy (non-hydrogen) atoms. The fourth-order valence-corrected chi connectivity index (χ4v) is 4.90. The lowest BCUT2D eigenvalue weighted by atomic mass is 9.91. The molecule has 1 unspecified atom stereocenters. The molecule has 1 atom stereocenters. The summed E-state index contributed by atoms with van der Waals surface area (Å²) in [5, 5.41) is 3.49. The summed E-state index contributed by atoms with van der Waals surface area (Å²) in [6.07, 6.45) is 18.7. The average Bonchev–Trinajstić information content (AvgIpc) is 3.58. The molecule has 5 heteroatoms. The number of aliphatic imine (C=N–C) groups is 1. The standard InChI is InChI=1S/C30H27N5/c1-2-3-4-6-21(17-31)20-9-8-19-12-14-33-28(24(19)15-20)27-16-25-23(22-7-5-13-32-18-22)10-11-26-30(34-26)29(25)35-27/h2-11,13,15-18,30,34-35H,12,14,31H2,1H3/b3-2-,6-4-,21-17+. The second-order valence-electron chi connectivity index (χ2n) is 8.89. The highest BCUT2D eigenvalue weighted by Crippen LogP contribution is 2.42. The Morgan fingerprint density at radius 2 is 2.06 bits per heavy atom. The van der Waals surface area contributed by atoms with Crippen molar-refractivity contribution in [3.8, 4) is 0 Å². The maximum absolute atomic E-state index is 5.98. The Balaban J connectivity index is 1.42. The summed E-state index contributed by atoms with van der Waals surface area (Å²) in [5.74, 6) is 0. The predicted octanol–water partition coefficient (Wildman–Crippen LogP) is 5.21. The van der Waals surface area contributed by atoms with Crippen LogP contribution < -0.4 is 11.1 Å². The third-order valence-corrected chi connectivity index (χ3v) is 6.73. The molecular weight excluding hydrogens is 430 g/mol. The predicted molar refractivity (Wildman–Crippen MR) is 143 cm³/mol. The van der Waals surface area contributed by atoms with Crippen molar-refractivity contribution in [1.82, 2.24) is 15.3 Å². The number of nitrogens with zero attached hydrogens (tertiary/aromatic N) is 2. The number of hydrogen-bond donors (Lipinski definition) is 3. The Hall–Kier alpha value is -4.38. The van der Waals surface area contributed by atoms with E-state index in [1.54, 1.807) is 6.20 Å². The van der Waals surface area contributed by atoms with E-state index in [9.17, 15) is 0 Å². The van der Waals surface area contributed by atoms with Crippen molar-refractivity contribution in [2.24, 2.45) is 10.7 Å². The zero-order valence-corrected chi connectivity index (χ0v) is 19.6. The molecule has 0 saturated carbocycles. The van der Waals surface area contributed by atoms with Crippen LogP contribution in [0.15, 0.2) is 102 Å². The first-order valence-electron chi connectivity index (χ1n) is 12.0. The molecule has 1 aromatic carbocycles. The summed E-state index contributed by atoms with van der Waals surface area (Å²) in [7, 11) is 0. The summed E-state index contributed by atoms with van der Waals surface area (Å²) in [5.41, 5.74) is 18.5. The van der Waals surface area contributed by atoms with Gasteiger partial charge in [-0.2, -0.15) is 0 Å². The highest BCUT2D eigenvalue weighted by atomic mass is 15.1. The summed E-state index contributed by atoms with van der Waals surface area (Å²) in [4.78, 5) is 13.1. The van der Waals surface area contributed by atoms with Gasteiger partial charge in [-0.15, -0.1) is 0 Å². The summed E-state index contributed by atoms with van der Waals surface area (Å²) in [6.45, 7) is 2.78. The summed E-state index contributed by atoms with van der Waals surface area (Å²) < 4.78 is 0. The van der Waals surface area contributed by atoms with Crippen LogP contribution in [-0.4, -0.2) is 22.2 Å². The van der Waals surface area contributed by atoms with E-state index in [0.29, 0.717) is 0 Å². The second-order valence-corrected chi connectivity index (χ2v) is 8.89. The minimum atomic E-state index is 0.225. The number of H-pyrrole nitrogens is 1. The molecule has 2 aliphatic heterocycles. The van der Waals surface area contributed by atoms with Crippen LogP contribution in [0.25, 0.3) is 11.1 Å². The van der Waals surface area contributed by atoms with E-state index >= 15 is 0 Å². The van der Waals surface area contributed by atoms with E-state index in [-0.39, 0.29) is 6.04 Å². The lowest BCUT2D eigenvalue weighted by Gasteiger charge is -2.18. The van der Waals surface area contributed by atoms with Crippen LogP contribution in [0.3, 0.4) is 0 Å². The van der Waals surface area contributed by atoms with Crippen molar-refractivity contribution in [2.75, 3.05) is 6.54 Å². The van der Waals surface area contributed by atoms with Gasteiger partial charge in [-0.3, -0.25) is 9.98 Å². The van der Waals surface area contributed by atoms with E-state index in [1.165, 1.54) is 28.1 Å². The molecular formula is C30H27N5. The molecule has 6 rings (SSSR count). The molecule has 3 aromatic rings. The molecule has 0 amide bonds. The van der Waals surface area contributed by atoms with Crippen LogP contribution in [0.4, 0.5) is 0 Å². The van der Waals surface area contributed by atoms with Crippen molar-refractivity contribution >= 4 is 16.9 Å². The normalized spacial score (nSPS) is 18.7. The molecule has 1 aliphatic carbocycles. The monoisotopic (exact) mass is 457 g/mol. The van der Waals surface area contributed by atoms with Gasteiger partial charge in [0, 0.05) is 47.5 Å². The van der Waals surface area contributed by atoms with Crippen molar-refractivity contribution < 1.29 is 0 Å². The molecule has 1 saturated heterocycles. The quantitative estimate of drug-likeness (QED) is 0.363. The molecule has 5 nitrogen and oxygen atoms in total. The topological polar surface area (TPSA) is 89.0 Å². The third-order valence-electron chi connectivity index (χ3n) is 6.73. The fraction of sp³-hybridized carbons (Fsp3) is 0.133. The highest BCUT2D eigenvalue weighted by Gasteiger charge is 2.36. The first-order valence-corrected chi connectivity index (χ1v) is 12.0. The van der Waals surface area contributed by atoms with E-state index in [1.807, 2.05) is 49.7 Å². The first-order chi connectivity index (χ1) is 17.3. The maximum Gasteiger partial charge on any atom is 0.107 e. The van der Waals surface area contributed by atoms with Gasteiger partial charge in [0.1, 0.15) is 6.04 Å². The molecule has 2 aromatic heterocycles. The molecule has 172 valence electrons. The maximum atomic E-state index is 5.98. The molecule has 1 fully saturated rings. The number of pyridine rings is 1. The van der Waals surface area contributed by atoms with Crippen molar-refractivity contribution in [1.29, 1.82) is 0 Å². The van der Waals surface area contributed by atoms with Gasteiger partial charge in [-0.1, -0.05) is 48.6 Å². The zero-order valence-electron chi connectivity index (χ0n) is 19.6. The number of fused-ring (bicyclic) bond motifs is 4. The summed E-state index contributed by atoms with van der Waals surface area (Å²) >= 11 is 0. The Morgan fingerprint density at radius 3 is 2.89 bits per heavy atom. The molecule has 3 aliphatic rings. The van der Waals surface area contributed by atoms with Gasteiger partial charge in [0.2, 0.25) is 0 Å². The molecule has 0 spiro atoms. The minimum absolute atomic E-state index is 0.225. The number of aromatic amines is 1. The zero-order chi connectivity index (χ0) is 23.8. The van der Waals surface area contributed by atoms with Gasteiger partial charge in [-0.25, -0.2) is 0 Å². The number of nitrogens with one attached hydrogen (secondary N) is 2. The number of allylic oxidation sites excluding steroid dienone is 7. The van der Waals surface area contributed by atoms with Gasteiger partial charge >= 0.3 is 0 Å². The lowest BCUT2D eigenvalue weighted by Crippen LogP contribution is -2.15. The van der Waals surface area contributed by atoms with E-state index in [0.717, 1.165) is 46.6 Å². The average molecular weight is 458 g/mol. The Bertz CT molecular complexity index is 1480. The van der Waals surface area contributed by atoms with Crippen LogP contribution in [0.5, 0.6) is 0 Å². The van der Waals surface area contributed by atoms with Crippen molar-refractivity contribution in [2.45, 2.75) is 19.4 Å². The number of aromatic nitrogens is 2. The second kappa shape index (κ2) is 8.76. The van der Waals surface area contributed by atoms with Gasteiger partial charge in [0.05, 0.1) is 17.1 Å². The van der Waals surface area contributed by atoms with E-state index < -0.39 is 0 Å². The van der Waals surface area contributed by atoms with Crippen LogP contribution in [0.2, 0.25) is 0 Å². The van der Waals surface area contributed by atoms with Crippen LogP contribution in [0, 0.1) is 0 Å². The van der Waals surface area contributed by atoms with Gasteiger partial charge in [-0.05, 0) is 59.9 Å². The number of benzene rings is 1. The molecule has 4 heterocycles. The third kappa shape index (κ3) is 3.85. The van der Waals surface area contributed by atoms with Crippen LogP contribution in [0.1, 0.15) is 52.2 Å². The van der Waals surface area contributed by atoms with E-state index in [4.69, 9.17) is 10.7 Å². The molecule has 0 radical (unpaired) electrons. The Morgan fingerprint density at radius 1 is 1.11 bits per heavy atom. The van der Waals surface area contributed by atoms with Gasteiger partial charge < -0.3 is 16.0 Å². The highest BCUT2D eigenvalue weighted by molar-refractivity contribution is 6.14. The lowest BCUT2D eigenvalue weighted by molar-refractivity contribution is 0.939. The Kier molecular flexibility index (Phi) is 5.30. The number of nitrogens with two attached hydrogens (primary N) is 1. The summed E-state index contributed by atoms with van der Waals surface area (Å²) in [6, 6.07) is 13.1. The van der Waals surface area contributed by atoms with Crippen LogP contribution in [-0.2, 0) is 6.42 Å². The van der Waals surface area contributed by atoms with Crippen LogP contribution >= 0.6 is 0 Å². The number of hydrogen-bond acceptors (Lipinski definition) is 4. The van der Waals surface area contributed by atoms with Crippen molar-refractivity contribution in [3.63, 3.8) is 0 Å². The smallest absolute Gasteiger partial charge is 0.107 e. The molecule has 0 bridgehead atoms. The fourth-order valence-electron chi connectivity index (χ4n) is 4.90. The molecule has 4 N–H and O–H groups in total. The van der Waals surface area contributed by atoms with Gasteiger partial charge in [0.15, 0.2) is 0 Å². The Labute approximate surface area is 205 Å². The van der Waals surface area contributed by atoms with E-state index in [2.05, 4.69) is 57.8 Å².